The zero-order valence-corrected chi connectivity index (χ0v) is 16.9. The van der Waals surface area contributed by atoms with E-state index in [-0.39, 0.29) is 17.6 Å². The molecule has 5 heteroatoms. The zero-order valence-electron chi connectivity index (χ0n) is 16.9. The number of benzene rings is 1. The molecule has 0 bridgehead atoms. The van der Waals surface area contributed by atoms with Gasteiger partial charge in [-0.15, -0.1) is 0 Å². The molecule has 0 radical (unpaired) electrons. The van der Waals surface area contributed by atoms with Crippen LogP contribution < -0.4 is 4.74 Å². The second-order valence-electron chi connectivity index (χ2n) is 9.18. The molecule has 4 aliphatic rings. The van der Waals surface area contributed by atoms with Gasteiger partial charge < -0.3 is 14.5 Å². The second kappa shape index (κ2) is 6.58. The van der Waals surface area contributed by atoms with Crippen molar-refractivity contribution in [2.24, 2.45) is 17.8 Å². The maximum atomic E-state index is 13.5. The minimum Gasteiger partial charge on any atom is -0.486 e. The van der Waals surface area contributed by atoms with Crippen LogP contribution in [0.3, 0.4) is 0 Å². The van der Waals surface area contributed by atoms with Crippen molar-refractivity contribution < 1.29 is 14.3 Å². The summed E-state index contributed by atoms with van der Waals surface area (Å²) in [4.78, 5) is 30.7. The first-order chi connectivity index (χ1) is 13.5. The van der Waals surface area contributed by atoms with E-state index in [1.165, 1.54) is 0 Å². The molecule has 1 saturated heterocycles. The lowest BCUT2D eigenvalue weighted by Gasteiger charge is -2.39. The highest BCUT2D eigenvalue weighted by atomic mass is 16.5. The van der Waals surface area contributed by atoms with E-state index in [1.54, 1.807) is 0 Å². The summed E-state index contributed by atoms with van der Waals surface area (Å²) in [5.74, 6) is 1.83. The number of hydrogen-bond acceptors (Lipinski definition) is 4. The summed E-state index contributed by atoms with van der Waals surface area (Å²) in [6.07, 6.45) is 4.45. The lowest BCUT2D eigenvalue weighted by Crippen LogP contribution is -2.49. The molecule has 1 amide bonds. The average molecular weight is 383 g/mol. The van der Waals surface area contributed by atoms with E-state index < -0.39 is 5.60 Å². The van der Waals surface area contributed by atoms with Crippen LogP contribution in [0.1, 0.15) is 49.4 Å². The van der Waals surface area contributed by atoms with E-state index in [2.05, 4.69) is 23.8 Å². The van der Waals surface area contributed by atoms with Gasteiger partial charge in [0.25, 0.3) is 0 Å². The molecule has 0 N–H and O–H groups in total. The number of Topliss-reactive ketones (excluding diaryl/α,β-unsaturated/α-hetero) is 1. The molecule has 2 heterocycles. The Bertz CT molecular complexity index is 801. The minimum atomic E-state index is -0.456. The average Bonchev–Trinajstić information content (AvgIpc) is 3.34. The van der Waals surface area contributed by atoms with Gasteiger partial charge in [0.1, 0.15) is 11.4 Å². The van der Waals surface area contributed by atoms with Crippen molar-refractivity contribution in [2.45, 2.75) is 50.7 Å². The molecule has 1 aromatic rings. The fourth-order valence-electron chi connectivity index (χ4n) is 6.19. The van der Waals surface area contributed by atoms with Crippen molar-refractivity contribution in [3.05, 3.63) is 29.8 Å². The van der Waals surface area contributed by atoms with Crippen molar-refractivity contribution in [2.75, 3.05) is 26.7 Å². The zero-order chi connectivity index (χ0) is 19.5. The molecule has 5 nitrogen and oxygen atoms in total. The van der Waals surface area contributed by atoms with Gasteiger partial charge in [0.2, 0.25) is 5.91 Å². The lowest BCUT2D eigenvalue weighted by atomic mass is 9.84. The predicted molar refractivity (Wildman–Crippen MR) is 106 cm³/mol. The smallest absolute Gasteiger partial charge is 0.226 e. The molecule has 4 atom stereocenters. The van der Waals surface area contributed by atoms with Crippen molar-refractivity contribution in [1.82, 2.24) is 9.80 Å². The molecular formula is C23H30N2O3. The van der Waals surface area contributed by atoms with Crippen LogP contribution in [0.4, 0.5) is 0 Å². The van der Waals surface area contributed by atoms with E-state index in [1.807, 2.05) is 24.3 Å². The summed E-state index contributed by atoms with van der Waals surface area (Å²) in [6, 6.07) is 7.93. The molecule has 0 unspecified atom stereocenters. The van der Waals surface area contributed by atoms with E-state index in [4.69, 9.17) is 4.74 Å². The van der Waals surface area contributed by atoms with Gasteiger partial charge in [0.15, 0.2) is 5.78 Å². The SMILES string of the molecule is CCN(C(=O)[C@@H]1[C@@H]2CC[C@]3(CC(=O)c4ccccc4O3)[C@@H]21)C1CCN(C)CC1. The number of piperidine rings is 1. The normalized spacial score (nSPS) is 34.6. The molecular weight excluding hydrogens is 352 g/mol. The van der Waals surface area contributed by atoms with E-state index in [9.17, 15) is 9.59 Å². The largest absolute Gasteiger partial charge is 0.486 e. The Morgan fingerprint density at radius 1 is 1.25 bits per heavy atom. The van der Waals surface area contributed by atoms with Gasteiger partial charge in [0, 0.05) is 24.4 Å². The van der Waals surface area contributed by atoms with Crippen LogP contribution in [0.2, 0.25) is 0 Å². The Morgan fingerprint density at radius 2 is 2.00 bits per heavy atom. The number of ketones is 1. The number of fused-ring (bicyclic) bond motifs is 3. The summed E-state index contributed by atoms with van der Waals surface area (Å²) >= 11 is 0. The summed E-state index contributed by atoms with van der Waals surface area (Å²) < 4.78 is 6.46. The molecule has 0 aromatic heterocycles. The molecule has 28 heavy (non-hydrogen) atoms. The Labute approximate surface area is 167 Å². The Kier molecular flexibility index (Phi) is 4.27. The first kappa shape index (κ1) is 18.2. The van der Waals surface area contributed by atoms with Gasteiger partial charge in [-0.2, -0.15) is 0 Å². The monoisotopic (exact) mass is 382 g/mol. The Morgan fingerprint density at radius 3 is 2.75 bits per heavy atom. The Balaban J connectivity index is 1.34. The van der Waals surface area contributed by atoms with Crippen LogP contribution in [-0.2, 0) is 4.79 Å². The molecule has 2 aliphatic heterocycles. The van der Waals surface area contributed by atoms with Gasteiger partial charge in [0.05, 0.1) is 12.0 Å². The second-order valence-corrected chi connectivity index (χ2v) is 9.18. The maximum Gasteiger partial charge on any atom is 0.226 e. The summed E-state index contributed by atoms with van der Waals surface area (Å²) in [5.41, 5.74) is 0.240. The van der Waals surface area contributed by atoms with Crippen LogP contribution >= 0.6 is 0 Å². The molecule has 2 saturated carbocycles. The van der Waals surface area contributed by atoms with E-state index >= 15 is 0 Å². The van der Waals surface area contributed by atoms with E-state index in [0.717, 1.165) is 45.3 Å². The molecule has 1 aromatic carbocycles. The van der Waals surface area contributed by atoms with Crippen LogP contribution in [0.25, 0.3) is 0 Å². The van der Waals surface area contributed by atoms with Crippen molar-refractivity contribution in [1.29, 1.82) is 0 Å². The fourth-order valence-corrected chi connectivity index (χ4v) is 6.19. The van der Waals surface area contributed by atoms with Crippen molar-refractivity contribution >= 4 is 11.7 Å². The number of ether oxygens (including phenoxy) is 1. The number of carbonyl (C=O) groups is 2. The Hall–Kier alpha value is -1.88. The molecule has 3 fully saturated rings. The van der Waals surface area contributed by atoms with Crippen LogP contribution in [0.15, 0.2) is 24.3 Å². The number of para-hydroxylation sites is 1. The molecule has 150 valence electrons. The number of carbonyl (C=O) groups excluding carboxylic acids is 2. The summed E-state index contributed by atoms with van der Waals surface area (Å²) in [6.45, 7) is 4.99. The number of rotatable bonds is 3. The highest BCUT2D eigenvalue weighted by Gasteiger charge is 2.71. The third-order valence-electron chi connectivity index (χ3n) is 7.68. The summed E-state index contributed by atoms with van der Waals surface area (Å²) in [5, 5.41) is 0. The van der Waals surface area contributed by atoms with Gasteiger partial charge in [-0.25, -0.2) is 0 Å². The standard InChI is InChI=1S/C23H30N2O3/c1-3-25(15-9-12-24(2)13-10-15)22(27)20-17-8-11-23(21(17)20)14-18(26)16-6-4-5-7-19(16)28-23/h4-7,15,17,20-21H,3,8-14H2,1-2H3/t17-,20+,21-,23-/m0/s1. The molecule has 1 spiro atoms. The third kappa shape index (κ3) is 2.70. The minimum absolute atomic E-state index is 0.0476. The quantitative estimate of drug-likeness (QED) is 0.806. The molecule has 2 aliphatic carbocycles. The lowest BCUT2D eigenvalue weighted by molar-refractivity contribution is -0.137. The van der Waals surface area contributed by atoms with Crippen LogP contribution in [-0.4, -0.2) is 59.8 Å². The first-order valence-electron chi connectivity index (χ1n) is 10.8. The highest BCUT2D eigenvalue weighted by Crippen LogP contribution is 2.66. The topological polar surface area (TPSA) is 49.9 Å². The van der Waals surface area contributed by atoms with Gasteiger partial charge in [-0.05, 0) is 70.8 Å². The van der Waals surface area contributed by atoms with Crippen molar-refractivity contribution in [3.8, 4) is 5.75 Å². The van der Waals surface area contributed by atoms with E-state index in [0.29, 0.717) is 35.6 Å². The maximum absolute atomic E-state index is 13.5. The molecule has 5 rings (SSSR count). The number of likely N-dealkylation sites (tertiary alicyclic amines) is 1. The number of amides is 1. The van der Waals surface area contributed by atoms with Gasteiger partial charge >= 0.3 is 0 Å². The fraction of sp³-hybridized carbons (Fsp3) is 0.652. The number of hydrogen-bond donors (Lipinski definition) is 0. The number of nitrogens with zero attached hydrogens (tertiary/aromatic N) is 2. The predicted octanol–water partition coefficient (Wildman–Crippen LogP) is 2.99. The highest BCUT2D eigenvalue weighted by molar-refractivity contribution is 6.00. The van der Waals surface area contributed by atoms with Gasteiger partial charge in [-0.3, -0.25) is 9.59 Å². The third-order valence-corrected chi connectivity index (χ3v) is 7.68. The van der Waals surface area contributed by atoms with Gasteiger partial charge in [-0.1, -0.05) is 12.1 Å². The van der Waals surface area contributed by atoms with Crippen LogP contribution in [0.5, 0.6) is 5.75 Å². The first-order valence-corrected chi connectivity index (χ1v) is 10.8. The summed E-state index contributed by atoms with van der Waals surface area (Å²) in [7, 11) is 2.15. The van der Waals surface area contributed by atoms with Crippen molar-refractivity contribution in [3.63, 3.8) is 0 Å². The van der Waals surface area contributed by atoms with Crippen LogP contribution in [0, 0.1) is 17.8 Å².